The highest BCUT2D eigenvalue weighted by Gasteiger charge is 2.16. The summed E-state index contributed by atoms with van der Waals surface area (Å²) >= 11 is 1.64. The quantitative estimate of drug-likeness (QED) is 0.648. The van der Waals surface area contributed by atoms with Crippen molar-refractivity contribution in [2.75, 3.05) is 17.2 Å². The number of aromatic amines is 1. The van der Waals surface area contributed by atoms with Crippen LogP contribution >= 0.6 is 11.3 Å². The first-order valence-electron chi connectivity index (χ1n) is 6.92. The first kappa shape index (κ1) is 13.7. The van der Waals surface area contributed by atoms with Gasteiger partial charge in [-0.2, -0.15) is 9.97 Å². The third-order valence-corrected chi connectivity index (χ3v) is 3.98. The van der Waals surface area contributed by atoms with Crippen LogP contribution in [0, 0.1) is 0 Å². The van der Waals surface area contributed by atoms with Gasteiger partial charge in [-0.25, -0.2) is 9.97 Å². The predicted octanol–water partition coefficient (Wildman–Crippen LogP) is 2.80. The molecule has 7 nitrogen and oxygen atoms in total. The van der Waals surface area contributed by atoms with Crippen molar-refractivity contribution in [3.63, 3.8) is 0 Å². The van der Waals surface area contributed by atoms with E-state index in [0.717, 1.165) is 29.3 Å². The minimum Gasteiger partial charge on any atom is -0.359 e. The summed E-state index contributed by atoms with van der Waals surface area (Å²) in [5.74, 6) is 1.32. The summed E-state index contributed by atoms with van der Waals surface area (Å²) < 4.78 is 0. The summed E-state index contributed by atoms with van der Waals surface area (Å²) in [7, 11) is 0. The van der Waals surface area contributed by atoms with Gasteiger partial charge in [0.05, 0.1) is 12.4 Å². The fourth-order valence-electron chi connectivity index (χ4n) is 2.08. The fraction of sp³-hybridized carbons (Fsp3) is 0.385. The van der Waals surface area contributed by atoms with E-state index in [1.54, 1.807) is 17.7 Å². The normalized spacial score (nSPS) is 12.5. The van der Waals surface area contributed by atoms with E-state index >= 15 is 0 Å². The van der Waals surface area contributed by atoms with Crippen LogP contribution in [0.25, 0.3) is 11.2 Å². The summed E-state index contributed by atoms with van der Waals surface area (Å²) in [6.07, 6.45) is 4.37. The second-order valence-electron chi connectivity index (χ2n) is 4.50. The Morgan fingerprint density at radius 2 is 2.19 bits per heavy atom. The largest absolute Gasteiger partial charge is 0.359 e. The van der Waals surface area contributed by atoms with Crippen molar-refractivity contribution < 1.29 is 0 Å². The van der Waals surface area contributed by atoms with Gasteiger partial charge < -0.3 is 15.6 Å². The van der Waals surface area contributed by atoms with Gasteiger partial charge in [-0.1, -0.05) is 6.92 Å². The number of fused-ring (bicyclic) bond motifs is 1. The van der Waals surface area contributed by atoms with Crippen LogP contribution in [0.1, 0.15) is 31.3 Å². The molecule has 0 radical (unpaired) electrons. The number of H-pyrrole nitrogens is 1. The van der Waals surface area contributed by atoms with Gasteiger partial charge in [0.15, 0.2) is 11.5 Å². The Hall–Kier alpha value is -2.22. The molecule has 0 aliphatic carbocycles. The number of hydrogen-bond acceptors (Lipinski definition) is 7. The average molecular weight is 303 g/mol. The molecule has 0 aliphatic heterocycles. The van der Waals surface area contributed by atoms with Gasteiger partial charge >= 0.3 is 0 Å². The molecule has 0 bridgehead atoms. The van der Waals surface area contributed by atoms with Crippen molar-refractivity contribution >= 4 is 34.3 Å². The van der Waals surface area contributed by atoms with E-state index in [9.17, 15) is 0 Å². The highest BCUT2D eigenvalue weighted by molar-refractivity contribution is 7.09. The van der Waals surface area contributed by atoms with Crippen molar-refractivity contribution in [3.8, 4) is 0 Å². The maximum atomic E-state index is 4.53. The second-order valence-corrected chi connectivity index (χ2v) is 5.43. The van der Waals surface area contributed by atoms with Crippen molar-refractivity contribution in [2.24, 2.45) is 0 Å². The number of hydrogen-bond donors (Lipinski definition) is 3. The van der Waals surface area contributed by atoms with Crippen LogP contribution in [-0.2, 0) is 0 Å². The minimum atomic E-state index is 0.126. The fourth-order valence-corrected chi connectivity index (χ4v) is 2.86. The Labute approximate surface area is 126 Å². The summed E-state index contributed by atoms with van der Waals surface area (Å²) in [5, 5.41) is 9.60. The molecule has 21 heavy (non-hydrogen) atoms. The molecule has 0 saturated carbocycles. The average Bonchev–Trinajstić information content (AvgIpc) is 3.15. The van der Waals surface area contributed by atoms with Crippen LogP contribution in [0.2, 0.25) is 0 Å². The molecule has 1 unspecified atom stereocenters. The highest BCUT2D eigenvalue weighted by Crippen LogP contribution is 2.26. The van der Waals surface area contributed by atoms with E-state index in [-0.39, 0.29) is 6.04 Å². The third-order valence-electron chi connectivity index (χ3n) is 3.09. The van der Waals surface area contributed by atoms with E-state index in [2.05, 4.69) is 42.5 Å². The number of nitrogens with one attached hydrogen (secondary N) is 3. The Bertz CT molecular complexity index is 706. The number of rotatable bonds is 6. The first-order chi connectivity index (χ1) is 10.3. The maximum Gasteiger partial charge on any atom is 0.226 e. The number of thiazole rings is 1. The van der Waals surface area contributed by atoms with Gasteiger partial charge in [0.1, 0.15) is 10.5 Å². The highest BCUT2D eigenvalue weighted by atomic mass is 32.1. The van der Waals surface area contributed by atoms with Gasteiger partial charge in [-0.15, -0.1) is 11.3 Å². The van der Waals surface area contributed by atoms with E-state index in [0.29, 0.717) is 11.6 Å². The Kier molecular flexibility index (Phi) is 3.96. The standard InChI is InChI=1S/C13H17N7S/c1-3-8(12-15-5-6-21-12)18-11-9-10(17-7-16-9)19-13(20-11)14-4-2/h5-8H,3-4H2,1-2H3,(H3,14,16,17,18,19,20). The van der Waals surface area contributed by atoms with Crippen molar-refractivity contribution in [3.05, 3.63) is 22.9 Å². The SMILES string of the molecule is CCNc1nc(NC(CC)c2nccs2)c2[nH]cnc2n1. The van der Waals surface area contributed by atoms with Gasteiger partial charge in [-0.3, -0.25) is 0 Å². The molecule has 110 valence electrons. The molecule has 0 spiro atoms. The van der Waals surface area contributed by atoms with E-state index in [4.69, 9.17) is 0 Å². The van der Waals surface area contributed by atoms with E-state index in [1.165, 1.54) is 0 Å². The smallest absolute Gasteiger partial charge is 0.226 e. The molecular formula is C13H17N7S. The van der Waals surface area contributed by atoms with Crippen LogP contribution in [-0.4, -0.2) is 31.5 Å². The monoisotopic (exact) mass is 303 g/mol. The van der Waals surface area contributed by atoms with Crippen molar-refractivity contribution in [2.45, 2.75) is 26.3 Å². The van der Waals surface area contributed by atoms with Crippen LogP contribution in [0.3, 0.4) is 0 Å². The number of anilines is 2. The van der Waals surface area contributed by atoms with Crippen LogP contribution in [0.5, 0.6) is 0 Å². The lowest BCUT2D eigenvalue weighted by Crippen LogP contribution is -2.12. The topological polar surface area (TPSA) is 91.4 Å². The van der Waals surface area contributed by atoms with Crippen LogP contribution in [0.15, 0.2) is 17.9 Å². The number of nitrogens with zero attached hydrogens (tertiary/aromatic N) is 4. The molecule has 1 atom stereocenters. The minimum absolute atomic E-state index is 0.126. The molecule has 3 heterocycles. The van der Waals surface area contributed by atoms with Crippen LogP contribution in [0.4, 0.5) is 11.8 Å². The first-order valence-corrected chi connectivity index (χ1v) is 7.80. The number of aromatic nitrogens is 5. The van der Waals surface area contributed by atoms with E-state index < -0.39 is 0 Å². The molecule has 3 rings (SSSR count). The molecule has 3 N–H and O–H groups in total. The van der Waals surface area contributed by atoms with E-state index in [1.807, 2.05) is 18.5 Å². The summed E-state index contributed by atoms with van der Waals surface area (Å²) in [6, 6.07) is 0.126. The molecular weight excluding hydrogens is 286 g/mol. The lowest BCUT2D eigenvalue weighted by Gasteiger charge is -2.16. The molecule has 0 aromatic carbocycles. The van der Waals surface area contributed by atoms with Gasteiger partial charge in [0.25, 0.3) is 0 Å². The zero-order valence-corrected chi connectivity index (χ0v) is 12.7. The summed E-state index contributed by atoms with van der Waals surface area (Å²) in [6.45, 7) is 4.89. The molecule has 0 saturated heterocycles. The Morgan fingerprint density at radius 1 is 1.29 bits per heavy atom. The Balaban J connectivity index is 1.96. The lowest BCUT2D eigenvalue weighted by molar-refractivity contribution is 0.738. The summed E-state index contributed by atoms with van der Waals surface area (Å²) in [5.41, 5.74) is 1.46. The second kappa shape index (κ2) is 6.04. The lowest BCUT2D eigenvalue weighted by atomic mass is 10.2. The van der Waals surface area contributed by atoms with Gasteiger partial charge in [0, 0.05) is 18.1 Å². The predicted molar refractivity (Wildman–Crippen MR) is 84.6 cm³/mol. The van der Waals surface area contributed by atoms with Crippen LogP contribution < -0.4 is 10.6 Å². The van der Waals surface area contributed by atoms with Crippen molar-refractivity contribution in [1.82, 2.24) is 24.9 Å². The van der Waals surface area contributed by atoms with Gasteiger partial charge in [0.2, 0.25) is 5.95 Å². The Morgan fingerprint density at radius 3 is 2.90 bits per heavy atom. The van der Waals surface area contributed by atoms with Gasteiger partial charge in [-0.05, 0) is 13.3 Å². The van der Waals surface area contributed by atoms with Crippen molar-refractivity contribution in [1.29, 1.82) is 0 Å². The summed E-state index contributed by atoms with van der Waals surface area (Å²) in [4.78, 5) is 20.6. The molecule has 8 heteroatoms. The molecule has 3 aromatic rings. The molecule has 3 aromatic heterocycles. The molecule has 0 amide bonds. The maximum absolute atomic E-state index is 4.53. The zero-order chi connectivity index (χ0) is 14.7. The zero-order valence-electron chi connectivity index (χ0n) is 11.9. The molecule has 0 aliphatic rings. The number of imidazole rings is 1. The third kappa shape index (κ3) is 2.80. The molecule has 0 fully saturated rings.